The first kappa shape index (κ1) is 8.52. The first-order valence-electron chi connectivity index (χ1n) is 3.92. The van der Waals surface area contributed by atoms with Crippen molar-refractivity contribution in [3.05, 3.63) is 12.2 Å². The molecule has 62 valence electrons. The molecular formula is C8H15NOSi. The summed E-state index contributed by atoms with van der Waals surface area (Å²) in [4.78, 5) is 4.14. The van der Waals surface area contributed by atoms with Gasteiger partial charge in [0.15, 0.2) is 0 Å². The van der Waals surface area contributed by atoms with Gasteiger partial charge in [-0.25, -0.2) is 4.99 Å². The highest BCUT2D eigenvalue weighted by atomic mass is 28.3. The van der Waals surface area contributed by atoms with Crippen molar-refractivity contribution in [3.63, 3.8) is 0 Å². The number of aliphatic imine (C=N–C) groups is 1. The first-order valence-corrected chi connectivity index (χ1v) is 7.62. The Labute approximate surface area is 69.0 Å². The van der Waals surface area contributed by atoms with E-state index in [2.05, 4.69) is 24.6 Å². The van der Waals surface area contributed by atoms with Crippen LogP contribution in [0.3, 0.4) is 0 Å². The Balaban J connectivity index is 2.28. The van der Waals surface area contributed by atoms with Crippen LogP contribution in [0.15, 0.2) is 17.1 Å². The molecule has 0 amide bonds. The summed E-state index contributed by atoms with van der Waals surface area (Å²) in [5.41, 5.74) is 0. The summed E-state index contributed by atoms with van der Waals surface area (Å²) in [7, 11) is -1.06. The maximum absolute atomic E-state index is 5.49. The van der Waals surface area contributed by atoms with E-state index in [1.54, 1.807) is 0 Å². The predicted octanol–water partition coefficient (Wildman–Crippen LogP) is 1.85. The second-order valence-corrected chi connectivity index (χ2v) is 9.34. The molecule has 11 heavy (non-hydrogen) atoms. The molecule has 0 aromatic heterocycles. The molecule has 1 aliphatic heterocycles. The van der Waals surface area contributed by atoms with Crippen LogP contribution in [0.4, 0.5) is 0 Å². The Morgan fingerprint density at radius 2 is 2.27 bits per heavy atom. The van der Waals surface area contributed by atoms with Crippen molar-refractivity contribution >= 4 is 14.0 Å². The summed E-state index contributed by atoms with van der Waals surface area (Å²) < 4.78 is 5.49. The highest BCUT2D eigenvalue weighted by Crippen LogP contribution is 2.03. The molecule has 1 heterocycles. The number of ether oxygens (including phenoxy) is 1. The van der Waals surface area contributed by atoms with Crippen LogP contribution >= 0.6 is 0 Å². The van der Waals surface area contributed by atoms with Crippen molar-refractivity contribution < 1.29 is 4.74 Å². The van der Waals surface area contributed by atoms with E-state index in [1.807, 2.05) is 12.2 Å². The SMILES string of the molecule is C[Si](C)(C)COC1=NCC=C1. The van der Waals surface area contributed by atoms with Gasteiger partial charge in [-0.05, 0) is 6.08 Å². The van der Waals surface area contributed by atoms with Crippen molar-refractivity contribution in [2.24, 2.45) is 4.99 Å². The molecule has 1 aliphatic rings. The number of hydrogen-bond donors (Lipinski definition) is 0. The molecule has 1 rings (SSSR count). The highest BCUT2D eigenvalue weighted by Gasteiger charge is 2.14. The van der Waals surface area contributed by atoms with Crippen molar-refractivity contribution in [2.45, 2.75) is 19.6 Å². The van der Waals surface area contributed by atoms with Crippen molar-refractivity contribution in [1.82, 2.24) is 0 Å². The van der Waals surface area contributed by atoms with Gasteiger partial charge in [0, 0.05) is 0 Å². The number of hydrogen-bond acceptors (Lipinski definition) is 2. The van der Waals surface area contributed by atoms with Crippen molar-refractivity contribution in [3.8, 4) is 0 Å². The fraction of sp³-hybridized carbons (Fsp3) is 0.625. The van der Waals surface area contributed by atoms with Crippen molar-refractivity contribution in [2.75, 3.05) is 12.8 Å². The molecule has 0 aromatic carbocycles. The zero-order chi connectivity index (χ0) is 8.32. The van der Waals surface area contributed by atoms with E-state index in [0.717, 1.165) is 18.7 Å². The van der Waals surface area contributed by atoms with Gasteiger partial charge in [0.2, 0.25) is 5.90 Å². The third-order valence-electron chi connectivity index (χ3n) is 1.27. The molecule has 0 atom stereocenters. The third kappa shape index (κ3) is 3.37. The highest BCUT2D eigenvalue weighted by molar-refractivity contribution is 6.76. The van der Waals surface area contributed by atoms with Crippen LogP contribution in [-0.2, 0) is 4.74 Å². The molecule has 0 saturated carbocycles. The van der Waals surface area contributed by atoms with E-state index < -0.39 is 8.07 Å². The van der Waals surface area contributed by atoms with E-state index in [9.17, 15) is 0 Å². The van der Waals surface area contributed by atoms with Crippen molar-refractivity contribution in [1.29, 1.82) is 0 Å². The lowest BCUT2D eigenvalue weighted by atomic mass is 10.6. The van der Waals surface area contributed by atoms with E-state index >= 15 is 0 Å². The Kier molecular flexibility index (Phi) is 2.49. The summed E-state index contributed by atoms with van der Waals surface area (Å²) in [6, 6.07) is 0. The molecule has 0 fully saturated rings. The van der Waals surface area contributed by atoms with Gasteiger partial charge in [0.05, 0.1) is 20.8 Å². The minimum absolute atomic E-state index is 0.793. The van der Waals surface area contributed by atoms with Crippen LogP contribution < -0.4 is 0 Å². The second-order valence-electron chi connectivity index (χ2n) is 3.93. The van der Waals surface area contributed by atoms with Gasteiger partial charge in [-0.15, -0.1) is 0 Å². The molecule has 0 bridgehead atoms. The minimum atomic E-state index is -1.06. The molecule has 0 N–H and O–H groups in total. The Morgan fingerprint density at radius 3 is 2.73 bits per heavy atom. The second kappa shape index (κ2) is 3.22. The molecule has 2 nitrogen and oxygen atoms in total. The van der Waals surface area contributed by atoms with E-state index in [4.69, 9.17) is 4.74 Å². The lowest BCUT2D eigenvalue weighted by Gasteiger charge is -2.15. The van der Waals surface area contributed by atoms with E-state index in [-0.39, 0.29) is 0 Å². The maximum Gasteiger partial charge on any atom is 0.208 e. The van der Waals surface area contributed by atoms with E-state index in [0.29, 0.717) is 0 Å². The van der Waals surface area contributed by atoms with Gasteiger partial charge >= 0.3 is 0 Å². The quantitative estimate of drug-likeness (QED) is 0.578. The van der Waals surface area contributed by atoms with Gasteiger partial charge in [0.25, 0.3) is 0 Å². The first-order chi connectivity index (χ1) is 5.08. The van der Waals surface area contributed by atoms with Crippen LogP contribution in [0.1, 0.15) is 0 Å². The Bertz CT molecular complexity index is 191. The molecule has 0 radical (unpaired) electrons. The molecule has 0 aromatic rings. The smallest absolute Gasteiger partial charge is 0.208 e. The van der Waals surface area contributed by atoms with E-state index in [1.165, 1.54) is 0 Å². The summed E-state index contributed by atoms with van der Waals surface area (Å²) in [5.74, 6) is 0.812. The maximum atomic E-state index is 5.49. The predicted molar refractivity (Wildman–Crippen MR) is 50.7 cm³/mol. The zero-order valence-electron chi connectivity index (χ0n) is 7.42. The standard InChI is InChI=1S/C8H15NOSi/c1-11(2,3)7-10-8-5-4-6-9-8/h4-5H,6-7H2,1-3H3. The number of rotatable bonds is 2. The van der Waals surface area contributed by atoms with Crippen LogP contribution in [0.25, 0.3) is 0 Å². The fourth-order valence-corrected chi connectivity index (χ4v) is 1.31. The summed E-state index contributed by atoms with van der Waals surface area (Å²) in [6.45, 7) is 7.64. The van der Waals surface area contributed by atoms with Crippen LogP contribution in [-0.4, -0.2) is 26.7 Å². The van der Waals surface area contributed by atoms with Gasteiger partial charge in [-0.3, -0.25) is 0 Å². The number of nitrogens with zero attached hydrogens (tertiary/aromatic N) is 1. The Hall–Kier alpha value is -0.573. The molecule has 0 spiro atoms. The topological polar surface area (TPSA) is 21.6 Å². The van der Waals surface area contributed by atoms with Crippen LogP contribution in [0, 0.1) is 0 Å². The van der Waals surface area contributed by atoms with Gasteiger partial charge in [-0.2, -0.15) is 0 Å². The summed E-state index contributed by atoms with van der Waals surface area (Å²) in [6.07, 6.45) is 4.83. The largest absolute Gasteiger partial charge is 0.482 e. The lowest BCUT2D eigenvalue weighted by Crippen LogP contribution is -2.29. The molecular weight excluding hydrogens is 154 g/mol. The van der Waals surface area contributed by atoms with Gasteiger partial charge in [0.1, 0.15) is 0 Å². The third-order valence-corrected chi connectivity index (χ3v) is 2.28. The molecule has 0 aliphatic carbocycles. The average molecular weight is 169 g/mol. The fourth-order valence-electron chi connectivity index (χ4n) is 0.733. The van der Waals surface area contributed by atoms with Gasteiger partial charge < -0.3 is 4.74 Å². The minimum Gasteiger partial charge on any atom is -0.482 e. The van der Waals surface area contributed by atoms with Crippen LogP contribution in [0.5, 0.6) is 0 Å². The average Bonchev–Trinajstić information content (AvgIpc) is 2.32. The molecule has 0 saturated heterocycles. The Morgan fingerprint density at radius 1 is 1.55 bits per heavy atom. The summed E-state index contributed by atoms with van der Waals surface area (Å²) in [5, 5.41) is 0. The molecule has 0 unspecified atom stereocenters. The lowest BCUT2D eigenvalue weighted by molar-refractivity contribution is 0.369. The van der Waals surface area contributed by atoms with Crippen LogP contribution in [0.2, 0.25) is 19.6 Å². The zero-order valence-corrected chi connectivity index (χ0v) is 8.42. The monoisotopic (exact) mass is 169 g/mol. The molecule has 3 heteroatoms. The van der Waals surface area contributed by atoms with Gasteiger partial charge in [-0.1, -0.05) is 25.7 Å². The summed E-state index contributed by atoms with van der Waals surface area (Å²) >= 11 is 0. The normalized spacial score (nSPS) is 16.8.